The molecule has 1 aliphatic carbocycles. The van der Waals surface area contributed by atoms with Gasteiger partial charge in [-0.05, 0) is 37.0 Å². The minimum atomic E-state index is -4.69. The van der Waals surface area contributed by atoms with Gasteiger partial charge in [-0.25, -0.2) is 8.42 Å². The van der Waals surface area contributed by atoms with E-state index in [-0.39, 0.29) is 23.3 Å². The molecule has 3 rings (SSSR count). The van der Waals surface area contributed by atoms with Crippen LogP contribution in [0.25, 0.3) is 0 Å². The molecule has 0 bridgehead atoms. The average molecular weight is 349 g/mol. The normalized spacial score (nSPS) is 24.1. The van der Waals surface area contributed by atoms with Crippen LogP contribution in [0.15, 0.2) is 24.3 Å². The van der Waals surface area contributed by atoms with Gasteiger partial charge in [0.25, 0.3) is 0 Å². The Morgan fingerprint density at radius 1 is 1.09 bits per heavy atom. The van der Waals surface area contributed by atoms with Crippen LogP contribution in [0, 0.1) is 0 Å². The lowest BCUT2D eigenvalue weighted by Gasteiger charge is -2.28. The Labute approximate surface area is 133 Å². The van der Waals surface area contributed by atoms with E-state index in [0.29, 0.717) is 19.0 Å². The van der Waals surface area contributed by atoms with Crippen molar-refractivity contribution in [1.82, 2.24) is 4.90 Å². The molecular weight excluding hydrogens is 331 g/mol. The van der Waals surface area contributed by atoms with E-state index in [2.05, 4.69) is 9.64 Å². The number of nitrogens with zero attached hydrogens (tertiary/aromatic N) is 1. The van der Waals surface area contributed by atoms with E-state index in [1.807, 2.05) is 0 Å². The van der Waals surface area contributed by atoms with Gasteiger partial charge in [0.2, 0.25) is 0 Å². The van der Waals surface area contributed by atoms with Gasteiger partial charge in [0.1, 0.15) is 5.75 Å². The summed E-state index contributed by atoms with van der Waals surface area (Å²) in [5, 5.41) is 0. The van der Waals surface area contributed by atoms with Crippen LogP contribution in [0.2, 0.25) is 0 Å². The van der Waals surface area contributed by atoms with Crippen LogP contribution in [0.5, 0.6) is 5.75 Å². The third-order valence-corrected chi connectivity index (χ3v) is 5.97. The van der Waals surface area contributed by atoms with E-state index in [0.717, 1.165) is 18.4 Å². The predicted molar refractivity (Wildman–Crippen MR) is 78.7 cm³/mol. The number of ether oxygens (including phenoxy) is 1. The Morgan fingerprint density at radius 3 is 2.22 bits per heavy atom. The lowest BCUT2D eigenvalue weighted by atomic mass is 10.1. The van der Waals surface area contributed by atoms with Crippen LogP contribution >= 0.6 is 0 Å². The van der Waals surface area contributed by atoms with Gasteiger partial charge < -0.3 is 4.74 Å². The molecule has 1 saturated carbocycles. The molecule has 2 aliphatic rings. The van der Waals surface area contributed by atoms with Gasteiger partial charge in [0.15, 0.2) is 9.84 Å². The molecule has 128 valence electrons. The average Bonchev–Trinajstić information content (AvgIpc) is 3.20. The van der Waals surface area contributed by atoms with Crippen molar-refractivity contribution in [2.45, 2.75) is 44.3 Å². The van der Waals surface area contributed by atoms with Gasteiger partial charge in [-0.1, -0.05) is 12.1 Å². The number of hydrogen-bond donors (Lipinski definition) is 0. The summed E-state index contributed by atoms with van der Waals surface area (Å²) in [7, 11) is -2.95. The minimum absolute atomic E-state index is 0.0126. The van der Waals surface area contributed by atoms with Crippen molar-refractivity contribution in [2.24, 2.45) is 0 Å². The quantitative estimate of drug-likeness (QED) is 0.820. The lowest BCUT2D eigenvalue weighted by molar-refractivity contribution is -0.274. The van der Waals surface area contributed by atoms with Crippen molar-refractivity contribution >= 4 is 9.84 Å². The van der Waals surface area contributed by atoms with Crippen LogP contribution in [0.4, 0.5) is 13.2 Å². The first-order chi connectivity index (χ1) is 10.7. The molecule has 8 heteroatoms. The van der Waals surface area contributed by atoms with Gasteiger partial charge in [-0.3, -0.25) is 4.90 Å². The molecule has 23 heavy (non-hydrogen) atoms. The van der Waals surface area contributed by atoms with Crippen molar-refractivity contribution in [2.75, 3.05) is 11.5 Å². The van der Waals surface area contributed by atoms with Crippen molar-refractivity contribution in [1.29, 1.82) is 0 Å². The van der Waals surface area contributed by atoms with Crippen molar-refractivity contribution < 1.29 is 26.3 Å². The molecule has 0 amide bonds. The van der Waals surface area contributed by atoms with Crippen LogP contribution in [-0.2, 0) is 16.4 Å². The molecule has 1 aromatic carbocycles. The summed E-state index contributed by atoms with van der Waals surface area (Å²) in [5.41, 5.74) is 0.857. The summed E-state index contributed by atoms with van der Waals surface area (Å²) in [6.07, 6.45) is -1.97. The first-order valence-electron chi connectivity index (χ1n) is 7.53. The fourth-order valence-electron chi connectivity index (χ4n) is 3.01. The second kappa shape index (κ2) is 5.98. The first kappa shape index (κ1) is 16.6. The third-order valence-electron chi connectivity index (χ3n) is 4.22. The summed E-state index contributed by atoms with van der Waals surface area (Å²) >= 11 is 0. The van der Waals surface area contributed by atoms with E-state index in [4.69, 9.17) is 0 Å². The first-order valence-corrected chi connectivity index (χ1v) is 9.35. The monoisotopic (exact) mass is 349 g/mol. The number of benzene rings is 1. The van der Waals surface area contributed by atoms with E-state index >= 15 is 0 Å². The zero-order chi connectivity index (χ0) is 16.7. The Morgan fingerprint density at radius 2 is 1.74 bits per heavy atom. The van der Waals surface area contributed by atoms with Crippen molar-refractivity contribution in [3.63, 3.8) is 0 Å². The van der Waals surface area contributed by atoms with Crippen LogP contribution in [0.3, 0.4) is 0 Å². The summed E-state index contributed by atoms with van der Waals surface area (Å²) in [6, 6.07) is 6.18. The lowest BCUT2D eigenvalue weighted by Crippen LogP contribution is -2.37. The van der Waals surface area contributed by atoms with Crippen molar-refractivity contribution in [3.05, 3.63) is 29.8 Å². The highest BCUT2D eigenvalue weighted by atomic mass is 32.2. The van der Waals surface area contributed by atoms with Gasteiger partial charge in [-0.2, -0.15) is 0 Å². The Balaban J connectivity index is 1.66. The van der Waals surface area contributed by atoms with Gasteiger partial charge >= 0.3 is 6.36 Å². The molecule has 0 aromatic heterocycles. The number of hydrogen-bond acceptors (Lipinski definition) is 4. The fraction of sp³-hybridized carbons (Fsp3) is 0.600. The molecule has 1 aliphatic heterocycles. The number of rotatable bonds is 5. The van der Waals surface area contributed by atoms with Gasteiger partial charge in [-0.15, -0.1) is 13.2 Å². The van der Waals surface area contributed by atoms with E-state index in [9.17, 15) is 21.6 Å². The second-order valence-electron chi connectivity index (χ2n) is 6.15. The zero-order valence-corrected chi connectivity index (χ0v) is 13.2. The number of alkyl halides is 3. The summed E-state index contributed by atoms with van der Waals surface area (Å²) in [5.74, 6) is 0.153. The van der Waals surface area contributed by atoms with Gasteiger partial charge in [0, 0.05) is 18.6 Å². The molecule has 0 spiro atoms. The van der Waals surface area contributed by atoms with Crippen LogP contribution < -0.4 is 4.74 Å². The second-order valence-corrected chi connectivity index (χ2v) is 8.38. The molecule has 1 saturated heterocycles. The summed E-state index contributed by atoms with van der Waals surface area (Å²) < 4.78 is 63.7. The maximum atomic E-state index is 12.2. The predicted octanol–water partition coefficient (Wildman–Crippen LogP) is 2.74. The molecule has 4 nitrogen and oxygen atoms in total. The number of sulfone groups is 1. The Hall–Kier alpha value is -1.28. The summed E-state index contributed by atoms with van der Waals surface area (Å²) in [6.45, 7) is 0.553. The fourth-order valence-corrected chi connectivity index (χ4v) is 4.75. The molecule has 2 fully saturated rings. The van der Waals surface area contributed by atoms with Gasteiger partial charge in [0.05, 0.1) is 11.5 Å². The third kappa shape index (κ3) is 4.60. The van der Waals surface area contributed by atoms with E-state index in [1.165, 1.54) is 12.1 Å². The maximum absolute atomic E-state index is 12.2. The molecule has 0 unspecified atom stereocenters. The molecule has 0 radical (unpaired) electrons. The van der Waals surface area contributed by atoms with Crippen LogP contribution in [-0.4, -0.2) is 43.3 Å². The highest BCUT2D eigenvalue weighted by Crippen LogP contribution is 2.34. The highest BCUT2D eigenvalue weighted by Gasteiger charge is 2.39. The summed E-state index contributed by atoms with van der Waals surface area (Å²) in [4.78, 5) is 2.18. The largest absolute Gasteiger partial charge is 0.573 e. The molecular formula is C15H18F3NO3S. The maximum Gasteiger partial charge on any atom is 0.573 e. The minimum Gasteiger partial charge on any atom is -0.406 e. The topological polar surface area (TPSA) is 46.6 Å². The Bertz CT molecular complexity index is 654. The molecule has 1 atom stereocenters. The standard InChI is InChI=1S/C15H18F3NO3S/c16-15(17,18)22-14-5-1-11(2-6-14)9-19(12-3-4-12)13-7-8-23(20,21)10-13/h1-2,5-6,12-13H,3-4,7-10H2/t13-/m0/s1. The smallest absolute Gasteiger partial charge is 0.406 e. The highest BCUT2D eigenvalue weighted by molar-refractivity contribution is 7.91. The van der Waals surface area contributed by atoms with Crippen LogP contribution in [0.1, 0.15) is 24.8 Å². The molecule has 0 N–H and O–H groups in total. The number of halogens is 3. The Kier molecular flexibility index (Phi) is 4.31. The SMILES string of the molecule is O=S1(=O)CC[C@H](N(Cc2ccc(OC(F)(F)F)cc2)C2CC2)C1. The van der Waals surface area contributed by atoms with E-state index < -0.39 is 16.2 Å². The molecule has 1 heterocycles. The van der Waals surface area contributed by atoms with E-state index in [1.54, 1.807) is 12.1 Å². The van der Waals surface area contributed by atoms with Crippen molar-refractivity contribution in [3.8, 4) is 5.75 Å². The molecule has 1 aromatic rings. The zero-order valence-electron chi connectivity index (χ0n) is 12.4.